The normalized spacial score (nSPS) is 12.2. The predicted molar refractivity (Wildman–Crippen MR) is 83.6 cm³/mol. The number of benzene rings is 1. The molecule has 20 heavy (non-hydrogen) atoms. The fourth-order valence-corrected chi connectivity index (χ4v) is 2.31. The van der Waals surface area contributed by atoms with Crippen LogP contribution in [-0.2, 0) is 6.42 Å². The standard InChI is InChI=1S/C15H18BrN3O/c1-2-6-14-18-13(16)9-15(19-14)17-10-12(20)11-7-4-3-5-8-11/h3-5,7-9,12,20H,2,6,10H2,1H3,(H,17,18,19). The maximum atomic E-state index is 10.1. The maximum Gasteiger partial charge on any atom is 0.132 e. The van der Waals surface area contributed by atoms with Gasteiger partial charge >= 0.3 is 0 Å². The predicted octanol–water partition coefficient (Wildman–Crippen LogP) is 3.34. The van der Waals surface area contributed by atoms with Crippen LogP contribution < -0.4 is 5.32 Å². The van der Waals surface area contributed by atoms with Crippen LogP contribution in [0.3, 0.4) is 0 Å². The van der Waals surface area contributed by atoms with Crippen molar-refractivity contribution in [1.29, 1.82) is 0 Å². The third kappa shape index (κ3) is 4.28. The van der Waals surface area contributed by atoms with Crippen LogP contribution in [0.4, 0.5) is 5.82 Å². The van der Waals surface area contributed by atoms with E-state index in [9.17, 15) is 5.11 Å². The van der Waals surface area contributed by atoms with E-state index in [0.29, 0.717) is 6.54 Å². The van der Waals surface area contributed by atoms with Gasteiger partial charge in [0.05, 0.1) is 6.10 Å². The Balaban J connectivity index is 2.00. The summed E-state index contributed by atoms with van der Waals surface area (Å²) in [5, 5.41) is 13.3. The number of hydrogen-bond donors (Lipinski definition) is 2. The van der Waals surface area contributed by atoms with Crippen molar-refractivity contribution in [1.82, 2.24) is 9.97 Å². The van der Waals surface area contributed by atoms with E-state index in [0.717, 1.165) is 34.7 Å². The number of aromatic nitrogens is 2. The van der Waals surface area contributed by atoms with Gasteiger partial charge in [-0.2, -0.15) is 0 Å². The van der Waals surface area contributed by atoms with Gasteiger partial charge in [0, 0.05) is 19.0 Å². The molecule has 0 aliphatic rings. The molecule has 1 unspecified atom stereocenters. The first-order valence-electron chi connectivity index (χ1n) is 6.69. The molecule has 0 radical (unpaired) electrons. The number of halogens is 1. The van der Waals surface area contributed by atoms with Gasteiger partial charge in [-0.05, 0) is 27.9 Å². The number of aliphatic hydroxyl groups is 1. The van der Waals surface area contributed by atoms with Crippen molar-refractivity contribution < 1.29 is 5.11 Å². The van der Waals surface area contributed by atoms with E-state index in [1.54, 1.807) is 0 Å². The zero-order valence-electron chi connectivity index (χ0n) is 11.4. The van der Waals surface area contributed by atoms with Crippen LogP contribution in [0.1, 0.15) is 30.8 Å². The zero-order valence-corrected chi connectivity index (χ0v) is 13.0. The highest BCUT2D eigenvalue weighted by Crippen LogP contribution is 2.16. The SMILES string of the molecule is CCCc1nc(Br)cc(NCC(O)c2ccccc2)n1. The van der Waals surface area contributed by atoms with Crippen molar-refractivity contribution in [3.8, 4) is 0 Å². The monoisotopic (exact) mass is 335 g/mol. The molecule has 0 aliphatic heterocycles. The largest absolute Gasteiger partial charge is 0.387 e. The summed E-state index contributed by atoms with van der Waals surface area (Å²) in [6, 6.07) is 11.4. The molecule has 106 valence electrons. The first kappa shape index (κ1) is 14.9. The van der Waals surface area contributed by atoms with Gasteiger partial charge in [0.1, 0.15) is 16.2 Å². The molecule has 0 spiro atoms. The summed E-state index contributed by atoms with van der Waals surface area (Å²) in [5.41, 5.74) is 0.891. The lowest BCUT2D eigenvalue weighted by Crippen LogP contribution is -2.13. The molecule has 1 atom stereocenters. The Morgan fingerprint density at radius 2 is 2.00 bits per heavy atom. The van der Waals surface area contributed by atoms with Crippen molar-refractivity contribution >= 4 is 21.7 Å². The van der Waals surface area contributed by atoms with E-state index in [2.05, 4.69) is 38.1 Å². The Hall–Kier alpha value is -1.46. The summed E-state index contributed by atoms with van der Waals surface area (Å²) in [4.78, 5) is 8.74. The van der Waals surface area contributed by atoms with Crippen LogP contribution in [0.25, 0.3) is 0 Å². The summed E-state index contributed by atoms with van der Waals surface area (Å²) in [7, 11) is 0. The fraction of sp³-hybridized carbons (Fsp3) is 0.333. The van der Waals surface area contributed by atoms with Crippen molar-refractivity contribution in [2.75, 3.05) is 11.9 Å². The van der Waals surface area contributed by atoms with Gasteiger partial charge in [-0.25, -0.2) is 9.97 Å². The van der Waals surface area contributed by atoms with Crippen molar-refractivity contribution in [3.63, 3.8) is 0 Å². The first-order valence-corrected chi connectivity index (χ1v) is 7.48. The maximum absolute atomic E-state index is 10.1. The second-order valence-corrected chi connectivity index (χ2v) is 5.36. The molecule has 0 fully saturated rings. The van der Waals surface area contributed by atoms with Gasteiger partial charge < -0.3 is 10.4 Å². The molecule has 2 rings (SSSR count). The summed E-state index contributed by atoms with van der Waals surface area (Å²) in [6.07, 6.45) is 1.29. The van der Waals surface area contributed by atoms with Crippen molar-refractivity contribution in [3.05, 3.63) is 52.4 Å². The Labute approximate surface area is 127 Å². The van der Waals surface area contributed by atoms with Gasteiger partial charge in [0.25, 0.3) is 0 Å². The summed E-state index contributed by atoms with van der Waals surface area (Å²) in [6.45, 7) is 2.51. The number of aryl methyl sites for hydroxylation is 1. The Morgan fingerprint density at radius 1 is 1.25 bits per heavy atom. The van der Waals surface area contributed by atoms with E-state index in [4.69, 9.17) is 0 Å². The van der Waals surface area contributed by atoms with E-state index >= 15 is 0 Å². The molecule has 0 bridgehead atoms. The number of hydrogen-bond acceptors (Lipinski definition) is 4. The van der Waals surface area contributed by atoms with E-state index < -0.39 is 6.10 Å². The molecule has 0 aliphatic carbocycles. The number of nitrogens with one attached hydrogen (secondary N) is 1. The summed E-state index contributed by atoms with van der Waals surface area (Å²) in [5.74, 6) is 1.53. The third-order valence-electron chi connectivity index (χ3n) is 2.88. The van der Waals surface area contributed by atoms with E-state index in [1.165, 1.54) is 0 Å². The van der Waals surface area contributed by atoms with Gasteiger partial charge in [-0.3, -0.25) is 0 Å². The molecule has 2 aromatic rings. The summed E-state index contributed by atoms with van der Waals surface area (Å²) >= 11 is 3.38. The fourth-order valence-electron chi connectivity index (χ4n) is 1.88. The second kappa shape index (κ2) is 7.36. The molecule has 0 saturated carbocycles. The van der Waals surface area contributed by atoms with Crippen LogP contribution in [0.2, 0.25) is 0 Å². The molecular formula is C15H18BrN3O. The Kier molecular flexibility index (Phi) is 5.49. The number of anilines is 1. The second-order valence-electron chi connectivity index (χ2n) is 4.55. The van der Waals surface area contributed by atoms with Crippen molar-refractivity contribution in [2.24, 2.45) is 0 Å². The van der Waals surface area contributed by atoms with Gasteiger partial charge in [0.2, 0.25) is 0 Å². The molecule has 5 heteroatoms. The van der Waals surface area contributed by atoms with Crippen LogP contribution in [0, 0.1) is 0 Å². The highest BCUT2D eigenvalue weighted by Gasteiger charge is 2.08. The van der Waals surface area contributed by atoms with E-state index in [1.807, 2.05) is 36.4 Å². The first-order chi connectivity index (χ1) is 9.69. The number of nitrogens with zero attached hydrogens (tertiary/aromatic N) is 2. The number of rotatable bonds is 6. The Morgan fingerprint density at radius 3 is 2.70 bits per heavy atom. The molecule has 2 N–H and O–H groups in total. The highest BCUT2D eigenvalue weighted by molar-refractivity contribution is 9.10. The van der Waals surface area contributed by atoms with Gasteiger partial charge in [-0.15, -0.1) is 0 Å². The van der Waals surface area contributed by atoms with Crippen molar-refractivity contribution in [2.45, 2.75) is 25.9 Å². The van der Waals surface area contributed by atoms with Crippen LogP contribution in [0.5, 0.6) is 0 Å². The smallest absolute Gasteiger partial charge is 0.132 e. The molecule has 1 aromatic heterocycles. The molecule has 1 heterocycles. The quantitative estimate of drug-likeness (QED) is 0.795. The Bertz CT molecular complexity index is 548. The molecule has 4 nitrogen and oxygen atoms in total. The number of aliphatic hydroxyl groups excluding tert-OH is 1. The molecule has 0 saturated heterocycles. The average Bonchev–Trinajstić information content (AvgIpc) is 2.45. The minimum absolute atomic E-state index is 0.416. The third-order valence-corrected chi connectivity index (χ3v) is 3.28. The van der Waals surface area contributed by atoms with Crippen LogP contribution in [0.15, 0.2) is 41.0 Å². The van der Waals surface area contributed by atoms with Crippen LogP contribution in [-0.4, -0.2) is 21.6 Å². The lowest BCUT2D eigenvalue weighted by molar-refractivity contribution is 0.191. The molecular weight excluding hydrogens is 318 g/mol. The van der Waals surface area contributed by atoms with Crippen LogP contribution >= 0.6 is 15.9 Å². The zero-order chi connectivity index (χ0) is 14.4. The minimum Gasteiger partial charge on any atom is -0.387 e. The molecule has 0 amide bonds. The minimum atomic E-state index is -0.556. The van der Waals surface area contributed by atoms with E-state index in [-0.39, 0.29) is 0 Å². The van der Waals surface area contributed by atoms with Gasteiger partial charge in [-0.1, -0.05) is 37.3 Å². The van der Waals surface area contributed by atoms with Gasteiger partial charge in [0.15, 0.2) is 0 Å². The molecule has 1 aromatic carbocycles. The average molecular weight is 336 g/mol. The lowest BCUT2D eigenvalue weighted by atomic mass is 10.1. The summed E-state index contributed by atoms with van der Waals surface area (Å²) < 4.78 is 0.757. The lowest BCUT2D eigenvalue weighted by Gasteiger charge is -2.13. The topological polar surface area (TPSA) is 58.0 Å². The highest BCUT2D eigenvalue weighted by atomic mass is 79.9.